The van der Waals surface area contributed by atoms with Crippen molar-refractivity contribution >= 4 is 5.91 Å². The monoisotopic (exact) mass is 650 g/mol. The molecule has 46 heavy (non-hydrogen) atoms. The SMILES string of the molecule is CCOCCOCCOCCOc1cccc(C(Cc2ccc(F)cc2)C(C)NC(=O)C(C)(C)Oc2ccc(C(F)(F)F)cn2)c1. The Morgan fingerprint density at radius 2 is 1.54 bits per heavy atom. The summed E-state index contributed by atoms with van der Waals surface area (Å²) in [5.74, 6) is -0.604. The molecule has 2 unspecified atom stereocenters. The predicted molar refractivity (Wildman–Crippen MR) is 164 cm³/mol. The molecule has 2 atom stereocenters. The first-order valence-corrected chi connectivity index (χ1v) is 15.1. The quantitative estimate of drug-likeness (QED) is 0.119. The molecule has 1 amide bonds. The number of halogens is 4. The number of carbonyl (C=O) groups excluding carboxylic acids is 1. The van der Waals surface area contributed by atoms with Gasteiger partial charge in [0, 0.05) is 30.8 Å². The smallest absolute Gasteiger partial charge is 0.417 e. The molecule has 0 aliphatic rings. The van der Waals surface area contributed by atoms with Crippen molar-refractivity contribution in [3.63, 3.8) is 0 Å². The number of ether oxygens (including phenoxy) is 5. The van der Waals surface area contributed by atoms with Gasteiger partial charge in [0.05, 0.1) is 38.6 Å². The summed E-state index contributed by atoms with van der Waals surface area (Å²) in [5.41, 5.74) is -0.640. The molecule has 8 nitrogen and oxygen atoms in total. The summed E-state index contributed by atoms with van der Waals surface area (Å²) < 4.78 is 80.2. The summed E-state index contributed by atoms with van der Waals surface area (Å²) in [7, 11) is 0. The first-order chi connectivity index (χ1) is 21.9. The van der Waals surface area contributed by atoms with E-state index in [4.69, 9.17) is 23.7 Å². The van der Waals surface area contributed by atoms with Crippen LogP contribution in [0.3, 0.4) is 0 Å². The topological polar surface area (TPSA) is 88.1 Å². The molecule has 0 spiro atoms. The van der Waals surface area contributed by atoms with E-state index in [2.05, 4.69) is 10.3 Å². The fourth-order valence-electron chi connectivity index (χ4n) is 4.49. The first kappa shape index (κ1) is 36.7. The minimum atomic E-state index is -4.54. The average molecular weight is 651 g/mol. The van der Waals surface area contributed by atoms with Crippen molar-refractivity contribution in [1.82, 2.24) is 10.3 Å². The van der Waals surface area contributed by atoms with Crippen LogP contribution in [0.5, 0.6) is 11.6 Å². The zero-order chi connectivity index (χ0) is 33.6. The number of nitrogens with one attached hydrogen (secondary N) is 1. The lowest BCUT2D eigenvalue weighted by molar-refractivity contribution is -0.138. The van der Waals surface area contributed by atoms with Crippen molar-refractivity contribution in [1.29, 1.82) is 0 Å². The van der Waals surface area contributed by atoms with E-state index >= 15 is 0 Å². The molecular weight excluding hydrogens is 608 g/mol. The summed E-state index contributed by atoms with van der Waals surface area (Å²) in [5, 5.41) is 2.99. The number of aromatic nitrogens is 1. The van der Waals surface area contributed by atoms with Gasteiger partial charge in [-0.2, -0.15) is 13.2 Å². The fraction of sp³-hybridized carbons (Fsp3) is 0.471. The fourth-order valence-corrected chi connectivity index (χ4v) is 4.49. The molecule has 0 aliphatic carbocycles. The number of benzene rings is 2. The maximum atomic E-state index is 13.6. The van der Waals surface area contributed by atoms with E-state index < -0.39 is 29.3 Å². The third-order valence-corrected chi connectivity index (χ3v) is 7.03. The minimum Gasteiger partial charge on any atom is -0.491 e. The molecule has 252 valence electrons. The minimum absolute atomic E-state index is 0.119. The van der Waals surface area contributed by atoms with E-state index in [1.807, 2.05) is 38.1 Å². The molecule has 0 saturated carbocycles. The zero-order valence-electron chi connectivity index (χ0n) is 26.6. The summed E-state index contributed by atoms with van der Waals surface area (Å²) in [6.07, 6.45) is -3.41. The molecule has 0 radical (unpaired) electrons. The Labute approximate surface area is 267 Å². The Balaban J connectivity index is 1.64. The Hall–Kier alpha value is -3.74. The number of carbonyl (C=O) groups is 1. The van der Waals surface area contributed by atoms with Gasteiger partial charge in [-0.05, 0) is 75.6 Å². The maximum absolute atomic E-state index is 13.6. The second kappa shape index (κ2) is 17.8. The van der Waals surface area contributed by atoms with Crippen LogP contribution in [0.15, 0.2) is 66.9 Å². The number of amides is 1. The van der Waals surface area contributed by atoms with E-state index in [1.54, 1.807) is 12.1 Å². The van der Waals surface area contributed by atoms with Crippen LogP contribution in [0.4, 0.5) is 17.6 Å². The molecule has 1 aromatic heterocycles. The van der Waals surface area contributed by atoms with E-state index in [9.17, 15) is 22.4 Å². The Kier molecular flexibility index (Phi) is 14.2. The number of hydrogen-bond donors (Lipinski definition) is 1. The molecule has 2 aromatic carbocycles. The van der Waals surface area contributed by atoms with Crippen molar-refractivity contribution < 1.29 is 46.0 Å². The van der Waals surface area contributed by atoms with Gasteiger partial charge in [-0.25, -0.2) is 9.37 Å². The van der Waals surface area contributed by atoms with E-state index in [-0.39, 0.29) is 17.6 Å². The average Bonchev–Trinajstić information content (AvgIpc) is 3.01. The molecule has 12 heteroatoms. The molecule has 0 bridgehead atoms. The first-order valence-electron chi connectivity index (χ1n) is 15.1. The molecule has 0 saturated heterocycles. The van der Waals surface area contributed by atoms with Crippen molar-refractivity contribution in [3.05, 3.63) is 89.4 Å². The zero-order valence-corrected chi connectivity index (χ0v) is 26.6. The van der Waals surface area contributed by atoms with Crippen molar-refractivity contribution in [2.75, 3.05) is 46.2 Å². The maximum Gasteiger partial charge on any atom is 0.417 e. The lowest BCUT2D eigenvalue weighted by atomic mass is 9.86. The van der Waals surface area contributed by atoms with Gasteiger partial charge in [-0.3, -0.25) is 4.79 Å². The van der Waals surface area contributed by atoms with Gasteiger partial charge in [-0.15, -0.1) is 0 Å². The van der Waals surface area contributed by atoms with Crippen LogP contribution >= 0.6 is 0 Å². The lowest BCUT2D eigenvalue weighted by Gasteiger charge is -2.31. The molecule has 1 heterocycles. The van der Waals surface area contributed by atoms with E-state index in [0.29, 0.717) is 64.6 Å². The Morgan fingerprint density at radius 3 is 2.15 bits per heavy atom. The summed E-state index contributed by atoms with van der Waals surface area (Å²) >= 11 is 0. The highest BCUT2D eigenvalue weighted by Crippen LogP contribution is 2.31. The van der Waals surface area contributed by atoms with E-state index in [1.165, 1.54) is 26.0 Å². The van der Waals surface area contributed by atoms with Gasteiger partial charge in [0.25, 0.3) is 5.91 Å². The number of rotatable bonds is 19. The van der Waals surface area contributed by atoms with Gasteiger partial charge in [0.15, 0.2) is 5.60 Å². The number of nitrogens with zero attached hydrogens (tertiary/aromatic N) is 1. The molecular formula is C34H42F4N2O6. The van der Waals surface area contributed by atoms with Crippen LogP contribution in [-0.4, -0.2) is 68.8 Å². The highest BCUT2D eigenvalue weighted by Gasteiger charge is 2.35. The Morgan fingerprint density at radius 1 is 0.891 bits per heavy atom. The van der Waals surface area contributed by atoms with Crippen LogP contribution in [0.1, 0.15) is 50.3 Å². The highest BCUT2D eigenvalue weighted by atomic mass is 19.4. The standard InChI is InChI=1S/C34H42F4N2O6/c1-5-42-15-16-43-17-18-44-19-20-45-29-8-6-7-26(22-29)30(21-25-9-12-28(35)13-10-25)24(2)40-32(41)33(3,4)46-31-14-11-27(23-39-31)34(36,37)38/h6-14,22-24,30H,5,15-21H2,1-4H3,(H,40,41). The third-order valence-electron chi connectivity index (χ3n) is 7.03. The summed E-state index contributed by atoms with van der Waals surface area (Å²) in [6, 6.07) is 15.1. The Bertz CT molecular complexity index is 1340. The summed E-state index contributed by atoms with van der Waals surface area (Å²) in [6.45, 7) is 10.1. The summed E-state index contributed by atoms with van der Waals surface area (Å²) in [4.78, 5) is 17.1. The van der Waals surface area contributed by atoms with Crippen molar-refractivity contribution in [2.24, 2.45) is 0 Å². The van der Waals surface area contributed by atoms with Crippen LogP contribution in [-0.2, 0) is 31.6 Å². The highest BCUT2D eigenvalue weighted by molar-refractivity contribution is 5.85. The van der Waals surface area contributed by atoms with Gasteiger partial charge in [0.2, 0.25) is 5.88 Å². The third kappa shape index (κ3) is 12.2. The van der Waals surface area contributed by atoms with Crippen LogP contribution in [0.25, 0.3) is 0 Å². The van der Waals surface area contributed by atoms with Crippen LogP contribution in [0, 0.1) is 5.82 Å². The number of pyridine rings is 1. The van der Waals surface area contributed by atoms with Crippen molar-refractivity contribution in [3.8, 4) is 11.6 Å². The van der Waals surface area contributed by atoms with Gasteiger partial charge < -0.3 is 29.0 Å². The van der Waals surface area contributed by atoms with E-state index in [0.717, 1.165) is 23.3 Å². The molecule has 1 N–H and O–H groups in total. The van der Waals surface area contributed by atoms with Gasteiger partial charge in [0.1, 0.15) is 18.2 Å². The molecule has 0 fully saturated rings. The lowest BCUT2D eigenvalue weighted by Crippen LogP contribution is -2.51. The van der Waals surface area contributed by atoms with Crippen LogP contribution < -0.4 is 14.8 Å². The van der Waals surface area contributed by atoms with Crippen molar-refractivity contribution in [2.45, 2.75) is 57.9 Å². The molecule has 3 aromatic rings. The second-order valence-electron chi connectivity index (χ2n) is 11.0. The number of hydrogen-bond acceptors (Lipinski definition) is 7. The normalized spacial score (nSPS) is 13.2. The molecule has 0 aliphatic heterocycles. The molecule has 3 rings (SSSR count). The van der Waals surface area contributed by atoms with Gasteiger partial charge in [-0.1, -0.05) is 24.3 Å². The predicted octanol–water partition coefficient (Wildman–Crippen LogP) is 6.38. The second-order valence-corrected chi connectivity index (χ2v) is 11.0. The van der Waals surface area contributed by atoms with Gasteiger partial charge >= 0.3 is 6.18 Å². The number of alkyl halides is 3. The largest absolute Gasteiger partial charge is 0.491 e. The van der Waals surface area contributed by atoms with Crippen LogP contribution in [0.2, 0.25) is 0 Å².